The lowest BCUT2D eigenvalue weighted by molar-refractivity contribution is -0.274. The van der Waals surface area contributed by atoms with Gasteiger partial charge in [0, 0.05) is 17.0 Å². The van der Waals surface area contributed by atoms with Crippen LogP contribution >= 0.6 is 23.2 Å². The van der Waals surface area contributed by atoms with E-state index >= 15 is 0 Å². The van der Waals surface area contributed by atoms with Crippen LogP contribution in [0.2, 0.25) is 10.0 Å². The minimum atomic E-state index is -4.92. The second-order valence-electron chi connectivity index (χ2n) is 7.06. The molecule has 0 unspecified atom stereocenters. The van der Waals surface area contributed by atoms with Crippen molar-refractivity contribution in [2.24, 2.45) is 0 Å². The third kappa shape index (κ3) is 5.99. The highest BCUT2D eigenvalue weighted by Crippen LogP contribution is 2.31. The van der Waals surface area contributed by atoms with Crippen LogP contribution in [0.4, 0.5) is 13.2 Å². The molecule has 2 N–H and O–H groups in total. The summed E-state index contributed by atoms with van der Waals surface area (Å²) in [5, 5.41) is 1.24. The highest BCUT2D eigenvalue weighted by atomic mass is 35.5. The topological polar surface area (TPSA) is 97.5 Å². The third-order valence-corrected chi connectivity index (χ3v) is 6.64. The minimum Gasteiger partial charge on any atom is -0.457 e. The summed E-state index contributed by atoms with van der Waals surface area (Å²) in [6, 6.07) is 14.5. The van der Waals surface area contributed by atoms with Crippen molar-refractivity contribution in [2.45, 2.75) is 11.3 Å². The molecule has 0 saturated heterocycles. The number of halogens is 5. The standard InChI is InChI=1S/C22H13Cl2F3N2O5S/c23-17-7-3-15(11-18(17)24)33-14-4-8-19-12(9-14)10-20(28-19)21(30)29-35(31,32)16-5-1-13(2-6-16)34-22(25,26)27/h1-11,28H,(H,29,30). The molecule has 3 aromatic carbocycles. The number of benzene rings is 3. The lowest BCUT2D eigenvalue weighted by Gasteiger charge is -2.10. The molecule has 0 radical (unpaired) electrons. The molecule has 13 heteroatoms. The average molecular weight is 545 g/mol. The number of aromatic amines is 1. The summed E-state index contributed by atoms with van der Waals surface area (Å²) in [6.07, 6.45) is -4.92. The first kappa shape index (κ1) is 24.7. The van der Waals surface area contributed by atoms with Crippen molar-refractivity contribution in [3.05, 3.63) is 82.5 Å². The lowest BCUT2D eigenvalue weighted by atomic mass is 10.2. The second-order valence-corrected chi connectivity index (χ2v) is 9.56. The van der Waals surface area contributed by atoms with E-state index in [1.165, 1.54) is 12.1 Å². The van der Waals surface area contributed by atoms with Gasteiger partial charge in [-0.15, -0.1) is 13.2 Å². The van der Waals surface area contributed by atoms with Gasteiger partial charge < -0.3 is 14.5 Å². The fraction of sp³-hybridized carbons (Fsp3) is 0.0455. The number of fused-ring (bicyclic) bond motifs is 1. The molecule has 182 valence electrons. The van der Waals surface area contributed by atoms with Gasteiger partial charge >= 0.3 is 6.36 Å². The van der Waals surface area contributed by atoms with Crippen molar-refractivity contribution in [2.75, 3.05) is 0 Å². The van der Waals surface area contributed by atoms with Gasteiger partial charge in [-0.3, -0.25) is 4.79 Å². The molecule has 0 aliphatic carbocycles. The van der Waals surface area contributed by atoms with Crippen LogP contribution < -0.4 is 14.2 Å². The molecule has 0 fully saturated rings. The van der Waals surface area contributed by atoms with Crippen LogP contribution in [-0.4, -0.2) is 25.7 Å². The van der Waals surface area contributed by atoms with E-state index < -0.39 is 32.9 Å². The van der Waals surface area contributed by atoms with E-state index in [1.807, 2.05) is 4.72 Å². The van der Waals surface area contributed by atoms with Crippen LogP contribution in [0.5, 0.6) is 17.2 Å². The van der Waals surface area contributed by atoms with Crippen LogP contribution in [0.3, 0.4) is 0 Å². The zero-order chi connectivity index (χ0) is 25.4. The molecular weight excluding hydrogens is 532 g/mol. The number of carbonyl (C=O) groups excluding carboxylic acids is 1. The van der Waals surface area contributed by atoms with E-state index in [0.29, 0.717) is 32.4 Å². The summed E-state index contributed by atoms with van der Waals surface area (Å²) in [4.78, 5) is 14.9. The molecule has 7 nitrogen and oxygen atoms in total. The Balaban J connectivity index is 1.49. The number of hydrogen-bond donors (Lipinski definition) is 2. The number of sulfonamides is 1. The number of H-pyrrole nitrogens is 1. The van der Waals surface area contributed by atoms with Gasteiger partial charge in [0.15, 0.2) is 0 Å². The number of hydrogen-bond acceptors (Lipinski definition) is 5. The lowest BCUT2D eigenvalue weighted by Crippen LogP contribution is -2.30. The van der Waals surface area contributed by atoms with E-state index in [0.717, 1.165) is 24.3 Å². The van der Waals surface area contributed by atoms with E-state index in [4.69, 9.17) is 27.9 Å². The fourth-order valence-corrected chi connectivity index (χ4v) is 4.28. The monoisotopic (exact) mass is 544 g/mol. The van der Waals surface area contributed by atoms with Crippen LogP contribution in [0.15, 0.2) is 71.6 Å². The Kier molecular flexibility index (Phi) is 6.58. The summed E-state index contributed by atoms with van der Waals surface area (Å²) in [6.45, 7) is 0. The van der Waals surface area contributed by atoms with Crippen LogP contribution in [0, 0.1) is 0 Å². The van der Waals surface area contributed by atoms with Gasteiger partial charge in [-0.2, -0.15) is 0 Å². The first-order valence-corrected chi connectivity index (χ1v) is 11.8. The largest absolute Gasteiger partial charge is 0.573 e. The maximum atomic E-state index is 12.5. The smallest absolute Gasteiger partial charge is 0.457 e. The number of amides is 1. The third-order valence-electron chi connectivity index (χ3n) is 4.56. The fourth-order valence-electron chi connectivity index (χ4n) is 3.03. The molecule has 4 rings (SSSR count). The molecule has 0 bridgehead atoms. The first-order chi connectivity index (χ1) is 16.4. The van der Waals surface area contributed by atoms with Crippen LogP contribution in [0.25, 0.3) is 10.9 Å². The Bertz CT molecular complexity index is 1520. The van der Waals surface area contributed by atoms with Gasteiger partial charge in [0.05, 0.1) is 14.9 Å². The number of nitrogens with one attached hydrogen (secondary N) is 2. The molecule has 0 aliphatic heterocycles. The number of carbonyl (C=O) groups is 1. The molecular formula is C22H13Cl2F3N2O5S. The van der Waals surface area contributed by atoms with Crippen molar-refractivity contribution in [3.8, 4) is 17.2 Å². The minimum absolute atomic E-state index is 0.0627. The summed E-state index contributed by atoms with van der Waals surface area (Å²) in [5.74, 6) is -0.707. The van der Waals surface area contributed by atoms with Gasteiger partial charge in [0.2, 0.25) is 0 Å². The molecule has 0 aliphatic rings. The maximum Gasteiger partial charge on any atom is 0.573 e. The predicted octanol–water partition coefficient (Wildman–Crippen LogP) is 6.28. The van der Waals surface area contributed by atoms with Gasteiger partial charge in [-0.1, -0.05) is 23.2 Å². The predicted molar refractivity (Wildman–Crippen MR) is 123 cm³/mol. The number of rotatable bonds is 6. The normalized spacial score (nSPS) is 11.9. The zero-order valence-electron chi connectivity index (χ0n) is 17.2. The number of alkyl halides is 3. The average Bonchev–Trinajstić information content (AvgIpc) is 3.19. The van der Waals surface area contributed by atoms with Gasteiger partial charge in [-0.25, -0.2) is 13.1 Å². The molecule has 35 heavy (non-hydrogen) atoms. The first-order valence-electron chi connectivity index (χ1n) is 9.58. The Morgan fingerprint density at radius 1 is 0.857 bits per heavy atom. The molecule has 0 atom stereocenters. The summed E-state index contributed by atoms with van der Waals surface area (Å²) in [5.41, 5.74) is 0.468. The highest BCUT2D eigenvalue weighted by Gasteiger charge is 2.31. The number of aromatic nitrogens is 1. The van der Waals surface area contributed by atoms with Gasteiger partial charge in [-0.05, 0) is 60.7 Å². The van der Waals surface area contributed by atoms with E-state index in [1.54, 1.807) is 30.3 Å². The molecule has 0 spiro atoms. The molecule has 1 amide bonds. The second kappa shape index (κ2) is 9.33. The molecule has 4 aromatic rings. The molecule has 1 aromatic heterocycles. The maximum absolute atomic E-state index is 12.5. The van der Waals surface area contributed by atoms with Crippen molar-refractivity contribution in [1.82, 2.24) is 9.71 Å². The Morgan fingerprint density at radius 2 is 1.49 bits per heavy atom. The summed E-state index contributed by atoms with van der Waals surface area (Å²) in [7, 11) is -4.37. The zero-order valence-corrected chi connectivity index (χ0v) is 19.5. The summed E-state index contributed by atoms with van der Waals surface area (Å²) < 4.78 is 73.1. The molecule has 1 heterocycles. The van der Waals surface area contributed by atoms with Crippen molar-refractivity contribution in [3.63, 3.8) is 0 Å². The highest BCUT2D eigenvalue weighted by molar-refractivity contribution is 7.90. The van der Waals surface area contributed by atoms with E-state index in [2.05, 4.69) is 9.72 Å². The van der Waals surface area contributed by atoms with Gasteiger partial charge in [0.1, 0.15) is 22.9 Å². The SMILES string of the molecule is O=C(NS(=O)(=O)c1ccc(OC(F)(F)F)cc1)c1cc2cc(Oc3ccc(Cl)c(Cl)c3)ccc2[nH]1. The van der Waals surface area contributed by atoms with Crippen LogP contribution in [0.1, 0.15) is 10.5 Å². The summed E-state index contributed by atoms with van der Waals surface area (Å²) >= 11 is 11.9. The van der Waals surface area contributed by atoms with E-state index in [9.17, 15) is 26.4 Å². The van der Waals surface area contributed by atoms with Gasteiger partial charge in [0.25, 0.3) is 15.9 Å². The van der Waals surface area contributed by atoms with Crippen LogP contribution in [-0.2, 0) is 10.0 Å². The Morgan fingerprint density at radius 3 is 2.14 bits per heavy atom. The van der Waals surface area contributed by atoms with Crippen molar-refractivity contribution < 1.29 is 35.9 Å². The number of ether oxygens (including phenoxy) is 2. The Labute approximate surface area is 206 Å². The quantitative estimate of drug-likeness (QED) is 0.297. The van der Waals surface area contributed by atoms with Crippen molar-refractivity contribution in [1.29, 1.82) is 0 Å². The Hall–Kier alpha value is -3.41. The van der Waals surface area contributed by atoms with Crippen molar-refractivity contribution >= 4 is 50.0 Å². The molecule has 0 saturated carbocycles. The van der Waals surface area contributed by atoms with E-state index in [-0.39, 0.29) is 5.69 Å².